The summed E-state index contributed by atoms with van der Waals surface area (Å²) in [7, 11) is -3.17. The van der Waals surface area contributed by atoms with Gasteiger partial charge in [-0.05, 0) is 12.1 Å². The second-order valence-electron chi connectivity index (χ2n) is 4.38. The van der Waals surface area contributed by atoms with Gasteiger partial charge in [0.05, 0.1) is 23.5 Å². The van der Waals surface area contributed by atoms with Crippen LogP contribution in [0.3, 0.4) is 0 Å². The SMILES string of the molecule is CS(=O)(=O)CCN1C(=O)CNC(=O)c2ccccc21. The molecule has 1 N–H and O–H groups in total. The average molecular weight is 282 g/mol. The Bertz CT molecular complexity index is 624. The summed E-state index contributed by atoms with van der Waals surface area (Å²) in [5.41, 5.74) is 0.827. The molecule has 0 radical (unpaired) electrons. The van der Waals surface area contributed by atoms with Crippen molar-refractivity contribution in [1.82, 2.24) is 5.32 Å². The van der Waals surface area contributed by atoms with Gasteiger partial charge < -0.3 is 10.2 Å². The van der Waals surface area contributed by atoms with E-state index in [2.05, 4.69) is 5.32 Å². The van der Waals surface area contributed by atoms with Crippen molar-refractivity contribution < 1.29 is 18.0 Å². The monoisotopic (exact) mass is 282 g/mol. The van der Waals surface area contributed by atoms with Gasteiger partial charge in [0, 0.05) is 12.8 Å². The molecule has 0 atom stereocenters. The van der Waals surface area contributed by atoms with Gasteiger partial charge in [0.2, 0.25) is 5.91 Å². The van der Waals surface area contributed by atoms with Gasteiger partial charge in [-0.15, -0.1) is 0 Å². The molecule has 19 heavy (non-hydrogen) atoms. The summed E-state index contributed by atoms with van der Waals surface area (Å²) in [4.78, 5) is 25.1. The third-order valence-electron chi connectivity index (χ3n) is 2.83. The summed E-state index contributed by atoms with van der Waals surface area (Å²) < 4.78 is 22.4. The van der Waals surface area contributed by atoms with Gasteiger partial charge in [0.25, 0.3) is 5.91 Å². The van der Waals surface area contributed by atoms with Crippen LogP contribution in [0.1, 0.15) is 10.4 Å². The highest BCUT2D eigenvalue weighted by Crippen LogP contribution is 2.22. The maximum atomic E-state index is 12.0. The number of fused-ring (bicyclic) bond motifs is 1. The normalized spacial score (nSPS) is 15.7. The predicted molar refractivity (Wildman–Crippen MR) is 70.8 cm³/mol. The topological polar surface area (TPSA) is 83.6 Å². The number of anilines is 1. The molecule has 0 aliphatic carbocycles. The quantitative estimate of drug-likeness (QED) is 0.832. The third kappa shape index (κ3) is 3.11. The molecule has 6 nitrogen and oxygen atoms in total. The van der Waals surface area contributed by atoms with Crippen molar-refractivity contribution in [1.29, 1.82) is 0 Å². The Morgan fingerprint density at radius 1 is 1.26 bits per heavy atom. The third-order valence-corrected chi connectivity index (χ3v) is 3.75. The van der Waals surface area contributed by atoms with E-state index >= 15 is 0 Å². The number of carbonyl (C=O) groups is 2. The lowest BCUT2D eigenvalue weighted by molar-refractivity contribution is -0.117. The van der Waals surface area contributed by atoms with E-state index in [1.54, 1.807) is 24.3 Å². The Hall–Kier alpha value is -1.89. The highest BCUT2D eigenvalue weighted by Gasteiger charge is 2.26. The average Bonchev–Trinajstić information content (AvgIpc) is 2.46. The summed E-state index contributed by atoms with van der Waals surface area (Å²) in [6.45, 7) is -0.0824. The maximum absolute atomic E-state index is 12.0. The van der Waals surface area contributed by atoms with Crippen LogP contribution in [-0.4, -0.2) is 45.3 Å². The van der Waals surface area contributed by atoms with Crippen molar-refractivity contribution in [3.63, 3.8) is 0 Å². The van der Waals surface area contributed by atoms with Gasteiger partial charge in [-0.3, -0.25) is 9.59 Å². The van der Waals surface area contributed by atoms with Gasteiger partial charge in [-0.25, -0.2) is 8.42 Å². The minimum atomic E-state index is -3.17. The fourth-order valence-electron chi connectivity index (χ4n) is 1.88. The zero-order valence-electron chi connectivity index (χ0n) is 10.4. The van der Waals surface area contributed by atoms with Gasteiger partial charge in [0.15, 0.2) is 0 Å². The minimum Gasteiger partial charge on any atom is -0.343 e. The highest BCUT2D eigenvalue weighted by atomic mass is 32.2. The van der Waals surface area contributed by atoms with Crippen LogP contribution in [0.5, 0.6) is 0 Å². The molecular formula is C12H14N2O4S. The summed E-state index contributed by atoms with van der Waals surface area (Å²) in [6, 6.07) is 6.65. The van der Waals surface area contributed by atoms with Gasteiger partial charge >= 0.3 is 0 Å². The summed E-state index contributed by atoms with van der Waals surface area (Å²) in [6.07, 6.45) is 1.12. The summed E-state index contributed by atoms with van der Waals surface area (Å²) >= 11 is 0. The minimum absolute atomic E-state index is 0.0453. The number of sulfone groups is 1. The van der Waals surface area contributed by atoms with Gasteiger partial charge in [0.1, 0.15) is 9.84 Å². The van der Waals surface area contributed by atoms with Crippen LogP contribution in [-0.2, 0) is 14.6 Å². The van der Waals surface area contributed by atoms with Crippen LogP contribution in [0.25, 0.3) is 0 Å². The highest BCUT2D eigenvalue weighted by molar-refractivity contribution is 7.90. The number of nitrogens with one attached hydrogen (secondary N) is 1. The van der Waals surface area contributed by atoms with Crippen LogP contribution < -0.4 is 10.2 Å². The van der Waals surface area contributed by atoms with Crippen LogP contribution in [0.2, 0.25) is 0 Å². The molecule has 0 saturated heterocycles. The van der Waals surface area contributed by atoms with Crippen molar-refractivity contribution in [2.24, 2.45) is 0 Å². The van der Waals surface area contributed by atoms with E-state index in [1.165, 1.54) is 4.90 Å². The van der Waals surface area contributed by atoms with Crippen molar-refractivity contribution in [3.8, 4) is 0 Å². The Balaban J connectivity index is 2.37. The number of carbonyl (C=O) groups excluding carboxylic acids is 2. The fourth-order valence-corrected chi connectivity index (χ4v) is 2.40. The van der Waals surface area contributed by atoms with Gasteiger partial charge in [-0.2, -0.15) is 0 Å². The molecule has 2 amide bonds. The lowest BCUT2D eigenvalue weighted by Crippen LogP contribution is -2.39. The molecule has 7 heteroatoms. The van der Waals surface area contributed by atoms with Crippen LogP contribution in [0.4, 0.5) is 5.69 Å². The summed E-state index contributed by atoms with van der Waals surface area (Å²) in [5, 5.41) is 2.50. The molecule has 1 aliphatic rings. The number of benzene rings is 1. The molecule has 102 valence electrons. The van der Waals surface area contributed by atoms with Crippen molar-refractivity contribution >= 4 is 27.3 Å². The molecule has 0 spiro atoms. The van der Waals surface area contributed by atoms with Crippen molar-refractivity contribution in [2.45, 2.75) is 0 Å². The van der Waals surface area contributed by atoms with E-state index in [1.807, 2.05) is 0 Å². The van der Waals surface area contributed by atoms with Crippen molar-refractivity contribution in [2.75, 3.05) is 30.0 Å². The zero-order chi connectivity index (χ0) is 14.0. The molecule has 1 heterocycles. The number of rotatable bonds is 3. The Kier molecular flexibility index (Phi) is 3.57. The molecular weight excluding hydrogens is 268 g/mol. The molecule has 2 rings (SSSR count). The van der Waals surface area contributed by atoms with Crippen LogP contribution in [0, 0.1) is 0 Å². The number of para-hydroxylation sites is 1. The van der Waals surface area contributed by atoms with E-state index in [9.17, 15) is 18.0 Å². The second kappa shape index (κ2) is 5.00. The number of hydrogen-bond acceptors (Lipinski definition) is 4. The first-order valence-corrected chi connectivity index (χ1v) is 7.80. The molecule has 1 aromatic carbocycles. The largest absolute Gasteiger partial charge is 0.343 e. The van der Waals surface area contributed by atoms with Crippen molar-refractivity contribution in [3.05, 3.63) is 29.8 Å². The second-order valence-corrected chi connectivity index (χ2v) is 6.63. The lowest BCUT2D eigenvalue weighted by Gasteiger charge is -2.21. The summed E-state index contributed by atoms with van der Waals surface area (Å²) in [5.74, 6) is -0.783. The van der Waals surface area contributed by atoms with E-state index in [-0.39, 0.29) is 30.7 Å². The Labute approximate surface area is 111 Å². The van der Waals surface area contributed by atoms with Gasteiger partial charge in [-0.1, -0.05) is 12.1 Å². The molecule has 0 unspecified atom stereocenters. The Morgan fingerprint density at radius 2 is 1.95 bits per heavy atom. The Morgan fingerprint density at radius 3 is 2.63 bits per heavy atom. The number of hydrogen-bond donors (Lipinski definition) is 1. The first-order valence-electron chi connectivity index (χ1n) is 5.74. The van der Waals surface area contributed by atoms with E-state index in [0.29, 0.717) is 11.3 Å². The standard InChI is InChI=1S/C12H14N2O4S/c1-19(17,18)7-6-14-10-5-3-2-4-9(10)12(16)13-8-11(14)15/h2-5H,6-8H2,1H3,(H,13,16). The molecule has 1 aliphatic heterocycles. The fraction of sp³-hybridized carbons (Fsp3) is 0.333. The first-order chi connectivity index (χ1) is 8.88. The van der Waals surface area contributed by atoms with E-state index in [0.717, 1.165) is 6.26 Å². The molecule has 1 aromatic rings. The molecule has 0 fully saturated rings. The molecule has 0 bridgehead atoms. The molecule has 0 saturated carbocycles. The maximum Gasteiger partial charge on any atom is 0.253 e. The predicted octanol–water partition coefficient (Wildman–Crippen LogP) is -0.192. The van der Waals surface area contributed by atoms with E-state index < -0.39 is 9.84 Å². The number of nitrogens with zero attached hydrogens (tertiary/aromatic N) is 1. The molecule has 0 aromatic heterocycles. The lowest BCUT2D eigenvalue weighted by atomic mass is 10.1. The first kappa shape index (κ1) is 13.5. The number of amides is 2. The van der Waals surface area contributed by atoms with Crippen LogP contribution >= 0.6 is 0 Å². The smallest absolute Gasteiger partial charge is 0.253 e. The van der Waals surface area contributed by atoms with E-state index in [4.69, 9.17) is 0 Å². The zero-order valence-corrected chi connectivity index (χ0v) is 11.2. The van der Waals surface area contributed by atoms with Crippen LogP contribution in [0.15, 0.2) is 24.3 Å².